The quantitative estimate of drug-likeness (QED) is 0.803. The Labute approximate surface area is 105 Å². The molecule has 2 N–H and O–H groups in total. The van der Waals surface area contributed by atoms with Crippen LogP contribution in [0.15, 0.2) is 48.5 Å². The van der Waals surface area contributed by atoms with Crippen molar-refractivity contribution >= 4 is 11.6 Å². The van der Waals surface area contributed by atoms with Crippen molar-refractivity contribution in [2.45, 2.75) is 12.3 Å². The third kappa shape index (κ3) is 1.84. The Morgan fingerprint density at radius 3 is 2.56 bits per heavy atom. The second-order valence-electron chi connectivity index (χ2n) is 4.49. The maximum atomic E-state index is 12.1. The Hall–Kier alpha value is -2.29. The molecule has 1 heterocycles. The lowest BCUT2D eigenvalue weighted by atomic mass is 9.87. The minimum atomic E-state index is -0.180. The van der Waals surface area contributed by atoms with Crippen molar-refractivity contribution in [1.29, 1.82) is 0 Å². The van der Waals surface area contributed by atoms with Gasteiger partial charge in [0.15, 0.2) is 0 Å². The SMILES string of the molecule is O=C1Nc2ccccc2CC1c1ccc(O)cc1. The molecule has 3 nitrogen and oxygen atoms in total. The first kappa shape index (κ1) is 10.8. The van der Waals surface area contributed by atoms with Crippen LogP contribution in [0.25, 0.3) is 0 Å². The predicted molar refractivity (Wildman–Crippen MR) is 69.6 cm³/mol. The van der Waals surface area contributed by atoms with Crippen molar-refractivity contribution in [2.24, 2.45) is 0 Å². The van der Waals surface area contributed by atoms with Crippen molar-refractivity contribution in [3.8, 4) is 5.75 Å². The van der Waals surface area contributed by atoms with Crippen molar-refractivity contribution in [2.75, 3.05) is 5.32 Å². The van der Waals surface area contributed by atoms with Gasteiger partial charge in [-0.2, -0.15) is 0 Å². The lowest BCUT2D eigenvalue weighted by Crippen LogP contribution is -2.28. The maximum absolute atomic E-state index is 12.1. The molecule has 90 valence electrons. The van der Waals surface area contributed by atoms with Gasteiger partial charge in [0.1, 0.15) is 5.75 Å². The number of aromatic hydroxyl groups is 1. The van der Waals surface area contributed by atoms with E-state index in [1.54, 1.807) is 24.3 Å². The van der Waals surface area contributed by atoms with Gasteiger partial charge in [0, 0.05) is 5.69 Å². The van der Waals surface area contributed by atoms with Crippen LogP contribution in [0.4, 0.5) is 5.69 Å². The smallest absolute Gasteiger partial charge is 0.232 e. The molecule has 2 aromatic rings. The molecule has 0 bridgehead atoms. The number of amides is 1. The molecule has 1 aliphatic rings. The van der Waals surface area contributed by atoms with Crippen LogP contribution in [0.1, 0.15) is 17.0 Å². The van der Waals surface area contributed by atoms with E-state index in [9.17, 15) is 9.90 Å². The molecule has 0 aromatic heterocycles. The zero-order chi connectivity index (χ0) is 12.5. The van der Waals surface area contributed by atoms with Gasteiger partial charge in [-0.25, -0.2) is 0 Å². The number of hydrogen-bond donors (Lipinski definition) is 2. The highest BCUT2D eigenvalue weighted by Crippen LogP contribution is 2.31. The lowest BCUT2D eigenvalue weighted by molar-refractivity contribution is -0.117. The highest BCUT2D eigenvalue weighted by atomic mass is 16.3. The number of para-hydroxylation sites is 1. The van der Waals surface area contributed by atoms with E-state index >= 15 is 0 Å². The summed E-state index contributed by atoms with van der Waals surface area (Å²) in [6.45, 7) is 0. The van der Waals surface area contributed by atoms with Crippen molar-refractivity contribution in [3.63, 3.8) is 0 Å². The second kappa shape index (κ2) is 4.18. The molecule has 0 aliphatic carbocycles. The predicted octanol–water partition coefficient (Wildman–Crippen LogP) is 2.67. The molecule has 0 fully saturated rings. The third-order valence-corrected chi connectivity index (χ3v) is 3.31. The molecule has 0 saturated carbocycles. The van der Waals surface area contributed by atoms with Crippen LogP contribution in [0.3, 0.4) is 0 Å². The number of anilines is 1. The Bertz CT molecular complexity index is 590. The van der Waals surface area contributed by atoms with E-state index in [4.69, 9.17) is 0 Å². The molecule has 3 heteroatoms. The average molecular weight is 239 g/mol. The summed E-state index contributed by atoms with van der Waals surface area (Å²) >= 11 is 0. The number of phenols is 1. The van der Waals surface area contributed by atoms with Gasteiger partial charge in [0.2, 0.25) is 5.91 Å². The van der Waals surface area contributed by atoms with Crippen molar-refractivity contribution in [1.82, 2.24) is 0 Å². The van der Waals surface area contributed by atoms with Crippen LogP contribution in [0, 0.1) is 0 Å². The summed E-state index contributed by atoms with van der Waals surface area (Å²) in [7, 11) is 0. The van der Waals surface area contributed by atoms with E-state index < -0.39 is 0 Å². The highest BCUT2D eigenvalue weighted by Gasteiger charge is 2.26. The number of hydrogen-bond acceptors (Lipinski definition) is 2. The van der Waals surface area contributed by atoms with Gasteiger partial charge in [-0.05, 0) is 35.7 Å². The van der Waals surface area contributed by atoms with Crippen LogP contribution >= 0.6 is 0 Å². The van der Waals surface area contributed by atoms with Gasteiger partial charge in [-0.1, -0.05) is 30.3 Å². The van der Waals surface area contributed by atoms with Gasteiger partial charge in [-0.15, -0.1) is 0 Å². The number of benzene rings is 2. The monoisotopic (exact) mass is 239 g/mol. The summed E-state index contributed by atoms with van der Waals surface area (Å²) in [4.78, 5) is 12.1. The van der Waals surface area contributed by atoms with Gasteiger partial charge in [-0.3, -0.25) is 4.79 Å². The van der Waals surface area contributed by atoms with E-state index in [1.807, 2.05) is 24.3 Å². The number of phenolic OH excluding ortho intramolecular Hbond substituents is 1. The number of rotatable bonds is 1. The fraction of sp³-hybridized carbons (Fsp3) is 0.133. The van der Waals surface area contributed by atoms with Gasteiger partial charge in [0.05, 0.1) is 5.92 Å². The fourth-order valence-electron chi connectivity index (χ4n) is 2.33. The molecule has 1 amide bonds. The van der Waals surface area contributed by atoms with E-state index in [-0.39, 0.29) is 17.6 Å². The Morgan fingerprint density at radius 1 is 1.06 bits per heavy atom. The number of carbonyl (C=O) groups excluding carboxylic acids is 1. The minimum Gasteiger partial charge on any atom is -0.508 e. The number of carbonyl (C=O) groups is 1. The Morgan fingerprint density at radius 2 is 1.78 bits per heavy atom. The second-order valence-corrected chi connectivity index (χ2v) is 4.49. The van der Waals surface area contributed by atoms with Crippen molar-refractivity contribution < 1.29 is 9.90 Å². The molecule has 0 saturated heterocycles. The third-order valence-electron chi connectivity index (χ3n) is 3.31. The average Bonchev–Trinajstić information content (AvgIpc) is 2.39. The zero-order valence-electron chi connectivity index (χ0n) is 9.76. The molecule has 3 rings (SSSR count). The molecule has 1 aliphatic heterocycles. The summed E-state index contributed by atoms with van der Waals surface area (Å²) in [5, 5.41) is 12.2. The molecule has 2 aromatic carbocycles. The van der Waals surface area contributed by atoms with Crippen LogP contribution in [-0.2, 0) is 11.2 Å². The summed E-state index contributed by atoms with van der Waals surface area (Å²) in [6, 6.07) is 14.7. The van der Waals surface area contributed by atoms with Crippen LogP contribution < -0.4 is 5.32 Å². The normalized spacial score (nSPS) is 18.0. The summed E-state index contributed by atoms with van der Waals surface area (Å²) in [5.74, 6) is 0.0512. The number of nitrogens with one attached hydrogen (secondary N) is 1. The standard InChI is InChI=1S/C15H13NO2/c17-12-7-5-10(6-8-12)13-9-11-3-1-2-4-14(11)16-15(13)18/h1-8,13,17H,9H2,(H,16,18). The summed E-state index contributed by atoms with van der Waals surface area (Å²) in [5.41, 5.74) is 2.98. The maximum Gasteiger partial charge on any atom is 0.232 e. The molecule has 0 radical (unpaired) electrons. The fourth-order valence-corrected chi connectivity index (χ4v) is 2.33. The van der Waals surface area contributed by atoms with Crippen LogP contribution in [0.5, 0.6) is 5.75 Å². The van der Waals surface area contributed by atoms with Crippen LogP contribution in [-0.4, -0.2) is 11.0 Å². The van der Waals surface area contributed by atoms with E-state index in [1.165, 1.54) is 0 Å². The van der Waals surface area contributed by atoms with E-state index in [2.05, 4.69) is 5.32 Å². The molecule has 0 spiro atoms. The molecular weight excluding hydrogens is 226 g/mol. The topological polar surface area (TPSA) is 49.3 Å². The minimum absolute atomic E-state index is 0.0133. The van der Waals surface area contributed by atoms with Gasteiger partial charge < -0.3 is 10.4 Å². The van der Waals surface area contributed by atoms with Gasteiger partial charge in [0.25, 0.3) is 0 Å². The highest BCUT2D eigenvalue weighted by molar-refractivity contribution is 5.98. The summed E-state index contributed by atoms with van der Waals surface area (Å²) in [6.07, 6.45) is 0.701. The number of fused-ring (bicyclic) bond motifs is 1. The summed E-state index contributed by atoms with van der Waals surface area (Å²) < 4.78 is 0. The zero-order valence-corrected chi connectivity index (χ0v) is 9.76. The molecule has 1 atom stereocenters. The van der Waals surface area contributed by atoms with Gasteiger partial charge >= 0.3 is 0 Å². The Kier molecular flexibility index (Phi) is 2.52. The molecule has 18 heavy (non-hydrogen) atoms. The largest absolute Gasteiger partial charge is 0.508 e. The lowest BCUT2D eigenvalue weighted by Gasteiger charge is -2.24. The molecular formula is C15H13NO2. The molecule has 1 unspecified atom stereocenters. The first-order chi connectivity index (χ1) is 8.74. The first-order valence-corrected chi connectivity index (χ1v) is 5.92. The first-order valence-electron chi connectivity index (χ1n) is 5.92. The van der Waals surface area contributed by atoms with Crippen molar-refractivity contribution in [3.05, 3.63) is 59.7 Å². The van der Waals surface area contributed by atoms with Crippen LogP contribution in [0.2, 0.25) is 0 Å². The van der Waals surface area contributed by atoms with E-state index in [0.717, 1.165) is 16.8 Å². The Balaban J connectivity index is 1.95. The van der Waals surface area contributed by atoms with E-state index in [0.29, 0.717) is 6.42 Å².